The zero-order valence-corrected chi connectivity index (χ0v) is 17.8. The molecule has 1 amide bonds. The van der Waals surface area contributed by atoms with Gasteiger partial charge in [-0.2, -0.15) is 0 Å². The highest BCUT2D eigenvalue weighted by molar-refractivity contribution is 6.08. The number of aromatic hydroxyl groups is 1. The topological polar surface area (TPSA) is 85.6 Å². The minimum atomic E-state index is -0.650. The third-order valence-electron chi connectivity index (χ3n) is 5.61. The van der Waals surface area contributed by atoms with Gasteiger partial charge in [0.1, 0.15) is 17.1 Å². The molecule has 7 heteroatoms. The van der Waals surface area contributed by atoms with E-state index in [-0.39, 0.29) is 23.0 Å². The van der Waals surface area contributed by atoms with Gasteiger partial charge in [-0.1, -0.05) is 12.1 Å². The Kier molecular flexibility index (Phi) is 5.31. The number of benzene rings is 2. The van der Waals surface area contributed by atoms with Crippen LogP contribution in [-0.2, 0) is 13.0 Å². The number of phenols is 1. The number of halogens is 1. The van der Waals surface area contributed by atoms with E-state index in [1.54, 1.807) is 44.2 Å². The Morgan fingerprint density at radius 1 is 1.26 bits per heavy atom. The summed E-state index contributed by atoms with van der Waals surface area (Å²) in [5.41, 5.74) is 2.35. The summed E-state index contributed by atoms with van der Waals surface area (Å²) < 4.78 is 18.9. The second-order valence-electron chi connectivity index (χ2n) is 8.64. The fourth-order valence-corrected chi connectivity index (χ4v) is 3.97. The van der Waals surface area contributed by atoms with Gasteiger partial charge in [-0.15, -0.1) is 0 Å². The molecule has 1 aliphatic rings. The maximum absolute atomic E-state index is 13.2. The molecule has 2 aromatic carbocycles. The van der Waals surface area contributed by atoms with Crippen molar-refractivity contribution in [3.8, 4) is 11.5 Å². The van der Waals surface area contributed by atoms with Crippen molar-refractivity contribution in [1.29, 1.82) is 0 Å². The number of hydrogen-bond acceptors (Lipinski definition) is 4. The Morgan fingerprint density at radius 3 is 2.61 bits per heavy atom. The number of amides is 1. The smallest absolute Gasteiger partial charge is 0.258 e. The van der Waals surface area contributed by atoms with Crippen LogP contribution in [0, 0.1) is 5.82 Å². The van der Waals surface area contributed by atoms with Crippen molar-refractivity contribution in [3.63, 3.8) is 0 Å². The summed E-state index contributed by atoms with van der Waals surface area (Å²) in [4.78, 5) is 19.0. The van der Waals surface area contributed by atoms with Crippen LogP contribution in [-0.4, -0.2) is 45.3 Å². The molecule has 0 spiro atoms. The summed E-state index contributed by atoms with van der Waals surface area (Å²) in [5.74, 6) is -0.172. The maximum Gasteiger partial charge on any atom is 0.258 e. The minimum Gasteiger partial charge on any atom is -0.505 e. The van der Waals surface area contributed by atoms with Crippen molar-refractivity contribution < 1.29 is 24.1 Å². The first kappa shape index (κ1) is 21.1. The van der Waals surface area contributed by atoms with E-state index in [1.165, 1.54) is 12.1 Å². The van der Waals surface area contributed by atoms with Crippen molar-refractivity contribution in [2.45, 2.75) is 38.8 Å². The fraction of sp³-hybridized carbons (Fsp3) is 0.333. The van der Waals surface area contributed by atoms with Crippen LogP contribution in [0.5, 0.6) is 11.5 Å². The van der Waals surface area contributed by atoms with E-state index < -0.39 is 5.60 Å². The van der Waals surface area contributed by atoms with Gasteiger partial charge in [0.05, 0.1) is 19.2 Å². The molecule has 6 nitrogen and oxygen atoms in total. The lowest BCUT2D eigenvalue weighted by molar-refractivity contribution is 0.0516. The summed E-state index contributed by atoms with van der Waals surface area (Å²) >= 11 is 0. The van der Waals surface area contributed by atoms with Crippen molar-refractivity contribution in [3.05, 3.63) is 64.6 Å². The van der Waals surface area contributed by atoms with Crippen LogP contribution in [0.15, 0.2) is 36.5 Å². The lowest BCUT2D eigenvalue weighted by Gasteiger charge is -2.19. The van der Waals surface area contributed by atoms with Gasteiger partial charge in [-0.05, 0) is 35.7 Å². The Bertz CT molecular complexity index is 1150. The zero-order chi connectivity index (χ0) is 22.3. The van der Waals surface area contributed by atoms with Gasteiger partial charge < -0.3 is 19.8 Å². The van der Waals surface area contributed by atoms with Gasteiger partial charge in [0.25, 0.3) is 5.91 Å². The summed E-state index contributed by atoms with van der Waals surface area (Å²) in [5, 5.41) is 19.6. The molecule has 2 heterocycles. The van der Waals surface area contributed by atoms with Crippen LogP contribution in [0.2, 0.25) is 0 Å². The molecule has 0 radical (unpaired) electrons. The monoisotopic (exact) mass is 425 g/mol. The van der Waals surface area contributed by atoms with Crippen LogP contribution >= 0.6 is 0 Å². The number of hydrogen-bond donors (Lipinski definition) is 1. The number of ether oxygens (including phenoxy) is 1. The Morgan fingerprint density at radius 2 is 1.97 bits per heavy atom. The van der Waals surface area contributed by atoms with E-state index in [4.69, 9.17) is 9.84 Å². The summed E-state index contributed by atoms with van der Waals surface area (Å²) in [7, 11) is 1.54. The third-order valence-corrected chi connectivity index (χ3v) is 5.61. The first-order chi connectivity index (χ1) is 14.7. The van der Waals surface area contributed by atoms with Crippen LogP contribution in [0.4, 0.5) is 4.39 Å². The average Bonchev–Trinajstić information content (AvgIpc) is 3.04. The molecule has 3 N–H and O–H groups in total. The number of nitrogens with zero attached hydrogens (tertiary/aromatic N) is 2. The summed E-state index contributed by atoms with van der Waals surface area (Å²) in [6, 6.07) is 8.18. The van der Waals surface area contributed by atoms with Crippen molar-refractivity contribution in [2.24, 2.45) is 0 Å². The lowest BCUT2D eigenvalue weighted by Crippen LogP contribution is -2.31. The predicted octanol–water partition coefficient (Wildman–Crippen LogP) is 3.53. The van der Waals surface area contributed by atoms with Gasteiger partial charge in [0.2, 0.25) is 0 Å². The van der Waals surface area contributed by atoms with E-state index in [0.29, 0.717) is 48.1 Å². The van der Waals surface area contributed by atoms with Crippen LogP contribution in [0.3, 0.4) is 0 Å². The molecule has 1 aromatic heterocycles. The molecule has 0 aliphatic carbocycles. The number of aromatic nitrogens is 1. The van der Waals surface area contributed by atoms with E-state index in [9.17, 15) is 14.3 Å². The molecule has 1 aliphatic heterocycles. The third kappa shape index (κ3) is 4.05. The van der Waals surface area contributed by atoms with Gasteiger partial charge >= 0.3 is 0 Å². The molecule has 0 fully saturated rings. The quantitative estimate of drug-likeness (QED) is 0.612. The Balaban J connectivity index is 1.73. The van der Waals surface area contributed by atoms with Crippen LogP contribution in [0.1, 0.15) is 47.3 Å². The highest BCUT2D eigenvalue weighted by Gasteiger charge is 2.36. The van der Waals surface area contributed by atoms with E-state index in [2.05, 4.69) is 4.98 Å². The molecule has 0 unspecified atom stereocenters. The number of rotatable bonds is 6. The first-order valence-corrected chi connectivity index (χ1v) is 10.2. The van der Waals surface area contributed by atoms with Crippen LogP contribution < -0.4 is 4.74 Å². The summed E-state index contributed by atoms with van der Waals surface area (Å²) in [6.07, 6.45) is 2.72. The van der Waals surface area contributed by atoms with E-state index in [1.807, 2.05) is 6.07 Å². The number of carbonyl (C=O) groups excluding carboxylic acids is 1. The minimum absolute atomic E-state index is 0.142. The molecule has 4 rings (SSSR count). The SMILES string of the molecule is COc1c2c(c(O)c3ncc(Cc4ccc(F)cc4)cc13)C(=O)N(CCC(C)(C)[OH2+])C2. The number of carbonyl (C=O) groups is 1. The van der Waals surface area contributed by atoms with Crippen molar-refractivity contribution in [1.82, 2.24) is 9.88 Å². The maximum atomic E-state index is 13.2. The molecule has 162 valence electrons. The molecule has 3 aromatic rings. The second-order valence-corrected chi connectivity index (χ2v) is 8.64. The Labute approximate surface area is 179 Å². The largest absolute Gasteiger partial charge is 0.505 e. The molecular weight excluding hydrogens is 399 g/mol. The van der Waals surface area contributed by atoms with Gasteiger partial charge in [-0.3, -0.25) is 9.78 Å². The Hall–Kier alpha value is -3.19. The van der Waals surface area contributed by atoms with Gasteiger partial charge in [0.15, 0.2) is 11.4 Å². The standard InChI is InChI=1S/C24H25FN2O4/c1-24(2,30)8-9-27-13-18-19(23(27)29)21(28)20-17(22(18)31-3)11-15(12-26-20)10-14-4-6-16(25)7-5-14/h4-7,11-12,28,30H,8-10,13H2,1-3H3/p+1. The normalized spacial score (nSPS) is 13.7. The molecule has 31 heavy (non-hydrogen) atoms. The highest BCUT2D eigenvalue weighted by atomic mass is 19.1. The molecule has 0 bridgehead atoms. The lowest BCUT2D eigenvalue weighted by atomic mass is 9.99. The van der Waals surface area contributed by atoms with Crippen molar-refractivity contribution >= 4 is 16.8 Å². The number of methoxy groups -OCH3 is 1. The summed E-state index contributed by atoms with van der Waals surface area (Å²) in [6.45, 7) is 4.35. The first-order valence-electron chi connectivity index (χ1n) is 10.2. The molecular formula is C24H26FN2O4+. The zero-order valence-electron chi connectivity index (χ0n) is 17.8. The number of pyridine rings is 1. The predicted molar refractivity (Wildman–Crippen MR) is 116 cm³/mol. The second kappa shape index (κ2) is 7.81. The average molecular weight is 425 g/mol. The molecule has 0 saturated carbocycles. The van der Waals surface area contributed by atoms with Crippen LogP contribution in [0.25, 0.3) is 10.9 Å². The number of fused-ring (bicyclic) bond motifs is 2. The van der Waals surface area contributed by atoms with Gasteiger partial charge in [-0.25, -0.2) is 4.39 Å². The number of phenolic OH excluding ortho intramolecular Hbond substituents is 1. The molecule has 0 atom stereocenters. The van der Waals surface area contributed by atoms with E-state index in [0.717, 1.165) is 11.1 Å². The molecule has 0 saturated heterocycles. The highest BCUT2D eigenvalue weighted by Crippen LogP contribution is 2.44. The fourth-order valence-electron chi connectivity index (χ4n) is 3.97. The van der Waals surface area contributed by atoms with E-state index >= 15 is 0 Å². The van der Waals surface area contributed by atoms with Crippen molar-refractivity contribution in [2.75, 3.05) is 13.7 Å². The van der Waals surface area contributed by atoms with Gasteiger partial charge in [0, 0.05) is 44.0 Å².